The van der Waals surface area contributed by atoms with Crippen LogP contribution in [0.25, 0.3) is 0 Å². The van der Waals surface area contributed by atoms with Crippen molar-refractivity contribution in [1.82, 2.24) is 9.55 Å². The van der Waals surface area contributed by atoms with Gasteiger partial charge >= 0.3 is 0 Å². The van der Waals surface area contributed by atoms with Crippen LogP contribution >= 0.6 is 11.6 Å². The number of aryl methyl sites for hydroxylation is 1. The highest BCUT2D eigenvalue weighted by Gasteiger charge is 2.30. The van der Waals surface area contributed by atoms with E-state index in [0.717, 1.165) is 0 Å². The molecule has 0 spiro atoms. The summed E-state index contributed by atoms with van der Waals surface area (Å²) < 4.78 is 24.1. The lowest BCUT2D eigenvalue weighted by Gasteiger charge is -2.14. The molecule has 7 heteroatoms. The molecule has 2 heterocycles. The second kappa shape index (κ2) is 3.85. The Labute approximate surface area is 98.0 Å². The third kappa shape index (κ3) is 2.12. The van der Waals surface area contributed by atoms with Crippen molar-refractivity contribution in [2.75, 3.05) is 11.5 Å². The summed E-state index contributed by atoms with van der Waals surface area (Å²) in [5.74, 6) is 0.600. The molecule has 1 aliphatic heterocycles. The molecule has 1 aromatic heterocycles. The van der Waals surface area contributed by atoms with Crippen molar-refractivity contribution in [2.24, 2.45) is 0 Å². The summed E-state index contributed by atoms with van der Waals surface area (Å²) in [6.45, 7) is 1.65. The quantitative estimate of drug-likeness (QED) is 0.694. The zero-order valence-corrected chi connectivity index (χ0v) is 10.3. The topological polar surface area (TPSA) is 69.0 Å². The van der Waals surface area contributed by atoms with Crippen LogP contribution in [0.2, 0.25) is 5.15 Å². The molecule has 88 valence electrons. The fourth-order valence-corrected chi connectivity index (χ4v) is 3.91. The minimum absolute atomic E-state index is 0.0110. The highest BCUT2D eigenvalue weighted by Crippen LogP contribution is 2.23. The van der Waals surface area contributed by atoms with Crippen LogP contribution < -0.4 is 5.56 Å². The van der Waals surface area contributed by atoms with Crippen molar-refractivity contribution in [2.45, 2.75) is 19.4 Å². The summed E-state index contributed by atoms with van der Waals surface area (Å²) in [7, 11) is -3.01. The molecule has 0 N–H and O–H groups in total. The Bertz CT molecular complexity index is 579. The summed E-state index contributed by atoms with van der Waals surface area (Å²) in [5.41, 5.74) is -0.292. The molecule has 16 heavy (non-hydrogen) atoms. The number of halogens is 1. The van der Waals surface area contributed by atoms with E-state index in [-0.39, 0.29) is 28.3 Å². The maximum Gasteiger partial charge on any atom is 0.255 e. The molecule has 0 bridgehead atoms. The van der Waals surface area contributed by atoms with Gasteiger partial charge in [0.2, 0.25) is 0 Å². The minimum Gasteiger partial charge on any atom is -0.293 e. The van der Waals surface area contributed by atoms with E-state index in [0.29, 0.717) is 12.2 Å². The minimum atomic E-state index is -3.01. The van der Waals surface area contributed by atoms with Crippen molar-refractivity contribution < 1.29 is 8.42 Å². The number of nitrogens with zero attached hydrogens (tertiary/aromatic N) is 2. The Morgan fingerprint density at radius 1 is 1.56 bits per heavy atom. The van der Waals surface area contributed by atoms with Crippen LogP contribution in [0.4, 0.5) is 0 Å². The van der Waals surface area contributed by atoms with Crippen molar-refractivity contribution in [3.8, 4) is 0 Å². The number of sulfone groups is 1. The monoisotopic (exact) mass is 262 g/mol. The molecule has 2 rings (SSSR count). The summed E-state index contributed by atoms with van der Waals surface area (Å²) in [4.78, 5) is 15.7. The van der Waals surface area contributed by atoms with Crippen molar-refractivity contribution in [3.05, 3.63) is 27.4 Å². The zero-order chi connectivity index (χ0) is 11.9. The summed E-state index contributed by atoms with van der Waals surface area (Å²) in [6.07, 6.45) is 0.465. The van der Waals surface area contributed by atoms with Gasteiger partial charge in [-0.1, -0.05) is 11.6 Å². The van der Waals surface area contributed by atoms with Crippen LogP contribution in [-0.2, 0) is 9.84 Å². The molecule has 5 nitrogen and oxygen atoms in total. The fourth-order valence-electron chi connectivity index (χ4n) is 1.99. The van der Waals surface area contributed by atoms with Crippen LogP contribution in [0.15, 0.2) is 10.9 Å². The van der Waals surface area contributed by atoms with Crippen LogP contribution in [0.1, 0.15) is 18.3 Å². The van der Waals surface area contributed by atoms with Gasteiger partial charge in [0.25, 0.3) is 5.56 Å². The fraction of sp³-hybridized carbons (Fsp3) is 0.556. The largest absolute Gasteiger partial charge is 0.293 e. The second-order valence-corrected chi connectivity index (χ2v) is 6.51. The van der Waals surface area contributed by atoms with Gasteiger partial charge in [-0.3, -0.25) is 9.36 Å². The van der Waals surface area contributed by atoms with E-state index < -0.39 is 9.84 Å². The SMILES string of the molecule is Cc1nc(Cl)cc(=O)n1C1CCS(=O)(=O)C1. The highest BCUT2D eigenvalue weighted by atomic mass is 35.5. The Morgan fingerprint density at radius 3 is 2.75 bits per heavy atom. The first-order valence-corrected chi connectivity index (χ1v) is 7.05. The maximum absolute atomic E-state index is 11.7. The van der Waals surface area contributed by atoms with Crippen molar-refractivity contribution >= 4 is 21.4 Å². The highest BCUT2D eigenvalue weighted by molar-refractivity contribution is 7.91. The third-order valence-corrected chi connectivity index (χ3v) is 4.61. The molecule has 1 unspecified atom stereocenters. The third-order valence-electron chi connectivity index (χ3n) is 2.67. The van der Waals surface area contributed by atoms with Gasteiger partial charge in [0, 0.05) is 6.07 Å². The Kier molecular flexibility index (Phi) is 2.79. The molecule has 0 aliphatic carbocycles. The lowest BCUT2D eigenvalue weighted by molar-refractivity contribution is 0.514. The average Bonchev–Trinajstić information content (AvgIpc) is 2.44. The van der Waals surface area contributed by atoms with Gasteiger partial charge in [-0.2, -0.15) is 0 Å². The molecule has 1 atom stereocenters. The van der Waals surface area contributed by atoms with Gasteiger partial charge in [0.15, 0.2) is 9.84 Å². The smallest absolute Gasteiger partial charge is 0.255 e. The lowest BCUT2D eigenvalue weighted by atomic mass is 10.2. The van der Waals surface area contributed by atoms with Gasteiger partial charge in [0.1, 0.15) is 11.0 Å². The number of hydrogen-bond donors (Lipinski definition) is 0. The van der Waals surface area contributed by atoms with Crippen molar-refractivity contribution in [3.63, 3.8) is 0 Å². The molecule has 0 aromatic carbocycles. The lowest BCUT2D eigenvalue weighted by Crippen LogP contribution is -2.28. The van der Waals surface area contributed by atoms with Crippen molar-refractivity contribution in [1.29, 1.82) is 0 Å². The molecule has 0 radical (unpaired) electrons. The zero-order valence-electron chi connectivity index (χ0n) is 8.68. The van der Waals surface area contributed by atoms with E-state index in [2.05, 4.69) is 4.98 Å². The predicted molar refractivity (Wildman–Crippen MR) is 60.6 cm³/mol. The molecule has 1 fully saturated rings. The Morgan fingerprint density at radius 2 is 2.25 bits per heavy atom. The number of aromatic nitrogens is 2. The van der Waals surface area contributed by atoms with Crippen LogP contribution in [0.5, 0.6) is 0 Å². The predicted octanol–water partition coefficient (Wildman–Crippen LogP) is 0.565. The maximum atomic E-state index is 11.7. The summed E-state index contributed by atoms with van der Waals surface area (Å²) in [5, 5.41) is 0.139. The van der Waals surface area contributed by atoms with Crippen LogP contribution in [0, 0.1) is 6.92 Å². The van der Waals surface area contributed by atoms with E-state index in [4.69, 9.17) is 11.6 Å². The van der Waals surface area contributed by atoms with Gasteiger partial charge in [0.05, 0.1) is 17.5 Å². The molecule has 1 aromatic rings. The first-order valence-electron chi connectivity index (χ1n) is 4.85. The second-order valence-electron chi connectivity index (χ2n) is 3.89. The molecule has 1 aliphatic rings. The molecule has 1 saturated heterocycles. The van der Waals surface area contributed by atoms with Crippen LogP contribution in [-0.4, -0.2) is 29.5 Å². The van der Waals surface area contributed by atoms with E-state index in [1.54, 1.807) is 6.92 Å². The van der Waals surface area contributed by atoms with E-state index in [9.17, 15) is 13.2 Å². The van der Waals surface area contributed by atoms with Gasteiger partial charge < -0.3 is 0 Å². The van der Waals surface area contributed by atoms with E-state index in [1.807, 2.05) is 0 Å². The van der Waals surface area contributed by atoms with Gasteiger partial charge in [-0.15, -0.1) is 0 Å². The normalized spacial score (nSPS) is 23.5. The van der Waals surface area contributed by atoms with E-state index >= 15 is 0 Å². The summed E-state index contributed by atoms with van der Waals surface area (Å²) in [6, 6.07) is 0.904. The first-order chi connectivity index (χ1) is 7.39. The first kappa shape index (κ1) is 11.6. The molecule has 0 amide bonds. The van der Waals surface area contributed by atoms with Gasteiger partial charge in [-0.25, -0.2) is 13.4 Å². The van der Waals surface area contributed by atoms with Crippen LogP contribution in [0.3, 0.4) is 0 Å². The summed E-state index contributed by atoms with van der Waals surface area (Å²) >= 11 is 5.64. The molecular weight excluding hydrogens is 252 g/mol. The Balaban J connectivity index is 2.47. The Hall–Kier alpha value is -0.880. The standard InChI is InChI=1S/C9H11ClN2O3S/c1-6-11-8(10)4-9(13)12(6)7-2-3-16(14,15)5-7/h4,7H,2-3,5H2,1H3. The molecule has 0 saturated carbocycles. The molecular formula is C9H11ClN2O3S. The van der Waals surface area contributed by atoms with Gasteiger partial charge in [-0.05, 0) is 13.3 Å². The average molecular weight is 263 g/mol. The number of rotatable bonds is 1. The van der Waals surface area contributed by atoms with E-state index in [1.165, 1.54) is 10.6 Å². The number of hydrogen-bond acceptors (Lipinski definition) is 4.